The highest BCUT2D eigenvalue weighted by Gasteiger charge is 2.31. The van der Waals surface area contributed by atoms with Crippen LogP contribution in [0.15, 0.2) is 30.6 Å². The molecule has 0 aromatic carbocycles. The number of nitrogens with one attached hydrogen (secondary N) is 2. The Morgan fingerprint density at radius 3 is 3.00 bits per heavy atom. The van der Waals surface area contributed by atoms with Gasteiger partial charge in [-0.05, 0) is 25.0 Å². The van der Waals surface area contributed by atoms with E-state index >= 15 is 0 Å². The number of piperidine rings is 1. The lowest BCUT2D eigenvalue weighted by Crippen LogP contribution is -2.48. The maximum atomic E-state index is 11.9. The molecule has 1 amide bonds. The Morgan fingerprint density at radius 2 is 2.29 bits per heavy atom. The van der Waals surface area contributed by atoms with E-state index in [0.29, 0.717) is 18.8 Å². The van der Waals surface area contributed by atoms with Crippen molar-refractivity contribution >= 4 is 5.91 Å². The van der Waals surface area contributed by atoms with Crippen LogP contribution in [-0.4, -0.2) is 33.8 Å². The summed E-state index contributed by atoms with van der Waals surface area (Å²) in [5.74, 6) is 0.696. The third-order valence-electron chi connectivity index (χ3n) is 4.34. The molecule has 1 fully saturated rings. The first-order valence-electron chi connectivity index (χ1n) is 8.24. The van der Waals surface area contributed by atoms with Gasteiger partial charge in [0.2, 0.25) is 11.8 Å². The quantitative estimate of drug-likeness (QED) is 0.838. The number of hydrogen-bond donors (Lipinski definition) is 2. The van der Waals surface area contributed by atoms with Crippen LogP contribution in [0, 0.1) is 0 Å². The minimum atomic E-state index is -0.0695. The van der Waals surface area contributed by atoms with E-state index < -0.39 is 0 Å². The molecule has 2 atom stereocenters. The summed E-state index contributed by atoms with van der Waals surface area (Å²) in [5.41, 5.74) is 2.12. The van der Waals surface area contributed by atoms with Crippen molar-refractivity contribution < 1.29 is 9.53 Å². The summed E-state index contributed by atoms with van der Waals surface area (Å²) in [6, 6.07) is 5.91. The van der Waals surface area contributed by atoms with Crippen molar-refractivity contribution in [3.8, 4) is 5.88 Å². The van der Waals surface area contributed by atoms with Crippen molar-refractivity contribution in [2.75, 3.05) is 7.11 Å². The number of nitrogens with zero attached hydrogens (tertiary/aromatic N) is 3. The van der Waals surface area contributed by atoms with E-state index in [9.17, 15) is 4.79 Å². The maximum Gasteiger partial charge on any atom is 0.220 e. The molecule has 7 nitrogen and oxygen atoms in total. The average Bonchev–Trinajstić information content (AvgIpc) is 3.09. The fraction of sp³-hybridized carbons (Fsp3) is 0.471. The molecular formula is C17H23N5O2. The molecule has 0 aliphatic carbocycles. The van der Waals surface area contributed by atoms with Gasteiger partial charge in [-0.2, -0.15) is 5.10 Å². The highest BCUT2D eigenvalue weighted by Crippen LogP contribution is 2.24. The lowest BCUT2D eigenvalue weighted by atomic mass is 9.95. The van der Waals surface area contributed by atoms with Crippen LogP contribution in [0.2, 0.25) is 0 Å². The normalized spacial score (nSPS) is 20.7. The Hall–Kier alpha value is -2.41. The topological polar surface area (TPSA) is 81.1 Å². The molecule has 0 spiro atoms. The Kier molecular flexibility index (Phi) is 5.10. The van der Waals surface area contributed by atoms with Crippen molar-refractivity contribution in [1.82, 2.24) is 25.4 Å². The van der Waals surface area contributed by atoms with Gasteiger partial charge >= 0.3 is 0 Å². The second-order valence-corrected chi connectivity index (χ2v) is 5.85. The first kappa shape index (κ1) is 16.4. The monoisotopic (exact) mass is 329 g/mol. The fourth-order valence-electron chi connectivity index (χ4n) is 3.06. The Balaban J connectivity index is 1.70. The number of methoxy groups -OCH3 is 1. The number of ether oxygens (including phenoxy) is 1. The molecule has 1 saturated heterocycles. The molecule has 0 bridgehead atoms. The molecule has 0 saturated carbocycles. The Bertz CT molecular complexity index is 683. The van der Waals surface area contributed by atoms with E-state index in [1.54, 1.807) is 19.5 Å². The van der Waals surface area contributed by atoms with Gasteiger partial charge in [-0.25, -0.2) is 4.98 Å². The highest BCUT2D eigenvalue weighted by atomic mass is 16.5. The molecule has 2 unspecified atom stereocenters. The van der Waals surface area contributed by atoms with Gasteiger partial charge in [0, 0.05) is 44.0 Å². The second kappa shape index (κ2) is 7.44. The molecule has 7 heteroatoms. The van der Waals surface area contributed by atoms with Crippen LogP contribution in [0.5, 0.6) is 5.88 Å². The SMILES string of the molecule is CCn1nccc1C1NC(=O)CCC1NCc1ccc(OC)nc1. The van der Waals surface area contributed by atoms with Crippen LogP contribution in [0.1, 0.15) is 37.1 Å². The molecule has 3 rings (SSSR count). The van der Waals surface area contributed by atoms with Gasteiger partial charge in [-0.15, -0.1) is 0 Å². The number of aromatic nitrogens is 3. The van der Waals surface area contributed by atoms with Crippen LogP contribution in [0.3, 0.4) is 0 Å². The molecular weight excluding hydrogens is 306 g/mol. The van der Waals surface area contributed by atoms with Crippen molar-refractivity contribution in [1.29, 1.82) is 0 Å². The lowest BCUT2D eigenvalue weighted by molar-refractivity contribution is -0.124. The molecule has 1 aliphatic rings. The van der Waals surface area contributed by atoms with Crippen LogP contribution in [0.25, 0.3) is 0 Å². The van der Waals surface area contributed by atoms with E-state index in [0.717, 1.165) is 24.2 Å². The average molecular weight is 329 g/mol. The number of carbonyl (C=O) groups is 1. The van der Waals surface area contributed by atoms with Gasteiger partial charge in [-0.1, -0.05) is 6.07 Å². The molecule has 2 N–H and O–H groups in total. The van der Waals surface area contributed by atoms with E-state index in [4.69, 9.17) is 4.74 Å². The number of hydrogen-bond acceptors (Lipinski definition) is 5. The molecule has 2 aromatic rings. The molecule has 24 heavy (non-hydrogen) atoms. The van der Waals surface area contributed by atoms with Crippen molar-refractivity contribution in [3.05, 3.63) is 41.9 Å². The number of carbonyl (C=O) groups excluding carboxylic acids is 1. The summed E-state index contributed by atoms with van der Waals surface area (Å²) in [5, 5.41) is 11.0. The number of aryl methyl sites for hydroxylation is 1. The predicted octanol–water partition coefficient (Wildman–Crippen LogP) is 1.42. The predicted molar refractivity (Wildman–Crippen MR) is 89.4 cm³/mol. The summed E-state index contributed by atoms with van der Waals surface area (Å²) in [6.07, 6.45) is 4.92. The molecule has 3 heterocycles. The molecule has 128 valence electrons. The summed E-state index contributed by atoms with van der Waals surface area (Å²) in [4.78, 5) is 16.1. The van der Waals surface area contributed by atoms with E-state index in [-0.39, 0.29) is 18.0 Å². The van der Waals surface area contributed by atoms with E-state index in [1.807, 2.05) is 29.8 Å². The van der Waals surface area contributed by atoms with Gasteiger partial charge in [0.1, 0.15) is 0 Å². The largest absolute Gasteiger partial charge is 0.481 e. The Morgan fingerprint density at radius 1 is 1.42 bits per heavy atom. The van der Waals surface area contributed by atoms with Gasteiger partial charge in [0.15, 0.2) is 0 Å². The first-order valence-corrected chi connectivity index (χ1v) is 8.24. The zero-order valence-corrected chi connectivity index (χ0v) is 14.0. The summed E-state index contributed by atoms with van der Waals surface area (Å²) in [7, 11) is 1.60. The van der Waals surface area contributed by atoms with Crippen molar-refractivity contribution in [2.45, 2.75) is 44.9 Å². The van der Waals surface area contributed by atoms with Crippen LogP contribution in [-0.2, 0) is 17.9 Å². The number of amides is 1. The first-order chi connectivity index (χ1) is 11.7. The lowest BCUT2D eigenvalue weighted by Gasteiger charge is -2.33. The van der Waals surface area contributed by atoms with Crippen molar-refractivity contribution in [2.24, 2.45) is 0 Å². The van der Waals surface area contributed by atoms with Crippen LogP contribution >= 0.6 is 0 Å². The number of rotatable bonds is 6. The minimum Gasteiger partial charge on any atom is -0.481 e. The zero-order chi connectivity index (χ0) is 16.9. The zero-order valence-electron chi connectivity index (χ0n) is 14.0. The highest BCUT2D eigenvalue weighted by molar-refractivity contribution is 5.77. The fourth-order valence-corrected chi connectivity index (χ4v) is 3.06. The van der Waals surface area contributed by atoms with Gasteiger partial charge in [0.05, 0.1) is 18.8 Å². The van der Waals surface area contributed by atoms with Crippen LogP contribution in [0.4, 0.5) is 0 Å². The summed E-state index contributed by atoms with van der Waals surface area (Å²) >= 11 is 0. The maximum absolute atomic E-state index is 11.9. The second-order valence-electron chi connectivity index (χ2n) is 5.85. The summed E-state index contributed by atoms with van der Waals surface area (Å²) < 4.78 is 7.01. The summed E-state index contributed by atoms with van der Waals surface area (Å²) in [6.45, 7) is 3.52. The van der Waals surface area contributed by atoms with E-state index in [1.165, 1.54) is 0 Å². The standard InChI is InChI=1S/C17H23N5O2/c1-3-22-14(8-9-20-22)17-13(5-6-15(23)21-17)18-10-12-4-7-16(24-2)19-11-12/h4,7-9,11,13,17-18H,3,5-6,10H2,1-2H3,(H,21,23). The van der Waals surface area contributed by atoms with Gasteiger partial charge in [0.25, 0.3) is 0 Å². The third kappa shape index (κ3) is 3.56. The minimum absolute atomic E-state index is 0.0695. The molecule has 2 aromatic heterocycles. The molecule has 1 aliphatic heterocycles. The third-order valence-corrected chi connectivity index (χ3v) is 4.34. The van der Waals surface area contributed by atoms with E-state index in [2.05, 4.69) is 20.7 Å². The van der Waals surface area contributed by atoms with Gasteiger partial charge < -0.3 is 15.4 Å². The van der Waals surface area contributed by atoms with Crippen molar-refractivity contribution in [3.63, 3.8) is 0 Å². The molecule has 0 radical (unpaired) electrons. The smallest absolute Gasteiger partial charge is 0.220 e. The Labute approximate surface area is 141 Å². The van der Waals surface area contributed by atoms with Gasteiger partial charge in [-0.3, -0.25) is 9.48 Å². The number of pyridine rings is 1. The van der Waals surface area contributed by atoms with Crippen LogP contribution < -0.4 is 15.4 Å².